The molecular weight excluding hydrogens is 328 g/mol. The molecule has 132 valence electrons. The first-order chi connectivity index (χ1) is 13.4. The molecule has 1 heteroatoms. The smallest absolute Gasteiger partial charge is 0.0687 e. The van der Waals surface area contributed by atoms with Crippen molar-refractivity contribution in [1.29, 1.82) is 0 Å². The minimum atomic E-state index is 0.0884. The summed E-state index contributed by atoms with van der Waals surface area (Å²) in [6.45, 7) is 0.0884. The fraction of sp³-hybridized carbons (Fsp3) is 0.0769. The first kappa shape index (κ1) is 17.3. The van der Waals surface area contributed by atoms with Crippen LogP contribution in [0.2, 0.25) is 0 Å². The van der Waals surface area contributed by atoms with Crippen LogP contribution in [0.15, 0.2) is 103 Å². The highest BCUT2D eigenvalue weighted by Gasteiger charge is 2.15. The van der Waals surface area contributed by atoms with Crippen molar-refractivity contribution < 1.29 is 5.11 Å². The van der Waals surface area contributed by atoms with E-state index in [0.29, 0.717) is 0 Å². The third kappa shape index (κ3) is 3.69. The lowest BCUT2D eigenvalue weighted by Crippen LogP contribution is -1.87. The Hall–Kier alpha value is -3.16. The summed E-state index contributed by atoms with van der Waals surface area (Å²) in [7, 11) is 0. The molecule has 0 radical (unpaired) electrons. The minimum absolute atomic E-state index is 0.0884. The number of benzene rings is 4. The van der Waals surface area contributed by atoms with Gasteiger partial charge in [0.2, 0.25) is 0 Å². The van der Waals surface area contributed by atoms with Gasteiger partial charge in [0.05, 0.1) is 6.61 Å². The summed E-state index contributed by atoms with van der Waals surface area (Å²) in [6.07, 6.45) is 1.10. The van der Waals surface area contributed by atoms with Crippen LogP contribution in [-0.4, -0.2) is 5.11 Å². The molecule has 0 aromatic heterocycles. The summed E-state index contributed by atoms with van der Waals surface area (Å²) < 4.78 is 0. The van der Waals surface area contributed by atoms with Gasteiger partial charge in [0.25, 0.3) is 0 Å². The van der Waals surface area contributed by atoms with Gasteiger partial charge in [-0.25, -0.2) is 0 Å². The van der Waals surface area contributed by atoms with Crippen molar-refractivity contribution >= 4 is 0 Å². The first-order valence-corrected chi connectivity index (χ1v) is 9.27. The Bertz CT molecular complexity index is 991. The molecule has 0 aliphatic heterocycles. The van der Waals surface area contributed by atoms with Gasteiger partial charge in [-0.1, -0.05) is 103 Å². The van der Waals surface area contributed by atoms with Gasteiger partial charge in [0.1, 0.15) is 0 Å². The van der Waals surface area contributed by atoms with E-state index in [2.05, 4.69) is 60.7 Å². The molecule has 1 aliphatic rings. The Morgan fingerprint density at radius 1 is 0.519 bits per heavy atom. The van der Waals surface area contributed by atoms with Crippen LogP contribution >= 0.6 is 0 Å². The highest BCUT2D eigenvalue weighted by Crippen LogP contribution is 2.35. The molecule has 0 bridgehead atoms. The van der Waals surface area contributed by atoms with Crippen LogP contribution < -0.4 is 0 Å². The fourth-order valence-corrected chi connectivity index (χ4v) is 3.64. The maximum Gasteiger partial charge on any atom is 0.0687 e. The molecule has 1 aliphatic carbocycles. The second kappa shape index (κ2) is 8.03. The predicted molar refractivity (Wildman–Crippen MR) is 112 cm³/mol. The lowest BCUT2D eigenvalue weighted by atomic mass is 10.0. The van der Waals surface area contributed by atoms with E-state index in [1.54, 1.807) is 0 Å². The highest BCUT2D eigenvalue weighted by molar-refractivity contribution is 5.76. The van der Waals surface area contributed by atoms with Gasteiger partial charge in [-0.2, -0.15) is 0 Å². The molecule has 4 aromatic carbocycles. The Balaban J connectivity index is 0.000000134. The van der Waals surface area contributed by atoms with Crippen LogP contribution in [0.1, 0.15) is 16.7 Å². The van der Waals surface area contributed by atoms with E-state index in [1.807, 2.05) is 42.5 Å². The second-order valence-corrected chi connectivity index (χ2v) is 6.67. The molecule has 0 atom stereocenters. The third-order valence-corrected chi connectivity index (χ3v) is 4.98. The Morgan fingerprint density at radius 2 is 1.00 bits per heavy atom. The van der Waals surface area contributed by atoms with Crippen molar-refractivity contribution in [2.24, 2.45) is 0 Å². The second-order valence-electron chi connectivity index (χ2n) is 6.67. The van der Waals surface area contributed by atoms with E-state index in [4.69, 9.17) is 0 Å². The predicted octanol–water partition coefficient (Wildman–Crippen LogP) is 6.10. The average molecular weight is 350 g/mol. The van der Waals surface area contributed by atoms with Gasteiger partial charge in [-0.3, -0.25) is 0 Å². The van der Waals surface area contributed by atoms with Crippen LogP contribution in [-0.2, 0) is 13.0 Å². The lowest BCUT2D eigenvalue weighted by molar-refractivity contribution is 0.282. The van der Waals surface area contributed by atoms with Crippen molar-refractivity contribution in [3.8, 4) is 22.3 Å². The van der Waals surface area contributed by atoms with Gasteiger partial charge < -0.3 is 5.11 Å². The molecule has 5 rings (SSSR count). The number of hydrogen-bond donors (Lipinski definition) is 1. The lowest BCUT2D eigenvalue weighted by Gasteiger charge is -2.06. The number of hydrogen-bond acceptors (Lipinski definition) is 1. The third-order valence-electron chi connectivity index (χ3n) is 4.98. The van der Waals surface area contributed by atoms with Crippen LogP contribution in [0, 0.1) is 0 Å². The van der Waals surface area contributed by atoms with E-state index >= 15 is 0 Å². The largest absolute Gasteiger partial charge is 0.392 e. The van der Waals surface area contributed by atoms with Crippen molar-refractivity contribution in [3.05, 3.63) is 120 Å². The summed E-state index contributed by atoms with van der Waals surface area (Å²) in [5, 5.41) is 9.18. The van der Waals surface area contributed by atoms with Crippen molar-refractivity contribution in [2.45, 2.75) is 13.0 Å². The van der Waals surface area contributed by atoms with Gasteiger partial charge >= 0.3 is 0 Å². The molecule has 4 aromatic rings. The van der Waals surface area contributed by atoms with Crippen molar-refractivity contribution in [2.75, 3.05) is 0 Å². The van der Waals surface area contributed by atoms with E-state index in [0.717, 1.165) is 23.1 Å². The maximum absolute atomic E-state index is 9.18. The minimum Gasteiger partial charge on any atom is -0.392 e. The molecule has 0 heterocycles. The van der Waals surface area contributed by atoms with Crippen molar-refractivity contribution in [3.63, 3.8) is 0 Å². The van der Waals surface area contributed by atoms with Gasteiger partial charge in [-0.15, -0.1) is 0 Å². The number of aliphatic hydroxyl groups is 1. The van der Waals surface area contributed by atoms with E-state index in [1.165, 1.54) is 22.3 Å². The summed E-state index contributed by atoms with van der Waals surface area (Å²) in [4.78, 5) is 0. The van der Waals surface area contributed by atoms with Gasteiger partial charge in [0.15, 0.2) is 0 Å². The normalized spacial score (nSPS) is 11.1. The van der Waals surface area contributed by atoms with E-state index in [-0.39, 0.29) is 6.61 Å². The molecule has 1 nitrogen and oxygen atoms in total. The van der Waals surface area contributed by atoms with Gasteiger partial charge in [-0.05, 0) is 45.4 Å². The number of rotatable bonds is 2. The standard InChI is InChI=1S/C13H12O.C13H10/c14-10-12-8-4-5-9-13(12)11-6-2-1-3-7-11;1-3-7-12-10(5-1)9-11-6-2-4-8-13(11)12/h1-9,14H,10H2;1-8H,9H2. The summed E-state index contributed by atoms with van der Waals surface area (Å²) >= 11 is 0. The number of fused-ring (bicyclic) bond motifs is 3. The van der Waals surface area contributed by atoms with E-state index in [9.17, 15) is 5.11 Å². The average Bonchev–Trinajstić information content (AvgIpc) is 3.13. The zero-order chi connectivity index (χ0) is 18.5. The van der Waals surface area contributed by atoms with Gasteiger partial charge in [0, 0.05) is 0 Å². The fourth-order valence-electron chi connectivity index (χ4n) is 3.64. The quantitative estimate of drug-likeness (QED) is 0.407. The molecule has 0 amide bonds. The Morgan fingerprint density at radius 3 is 1.59 bits per heavy atom. The molecule has 0 saturated carbocycles. The van der Waals surface area contributed by atoms with Crippen LogP contribution in [0.5, 0.6) is 0 Å². The molecule has 0 saturated heterocycles. The Labute approximate surface area is 160 Å². The summed E-state index contributed by atoms with van der Waals surface area (Å²) in [6, 6.07) is 35.3. The molecule has 0 spiro atoms. The first-order valence-electron chi connectivity index (χ1n) is 9.27. The zero-order valence-corrected chi connectivity index (χ0v) is 15.2. The molecular formula is C26H22O. The Kier molecular flexibility index (Phi) is 5.13. The topological polar surface area (TPSA) is 20.2 Å². The maximum atomic E-state index is 9.18. The van der Waals surface area contributed by atoms with Crippen molar-refractivity contribution in [1.82, 2.24) is 0 Å². The van der Waals surface area contributed by atoms with Crippen LogP contribution in [0.4, 0.5) is 0 Å². The highest BCUT2D eigenvalue weighted by atomic mass is 16.3. The van der Waals surface area contributed by atoms with Crippen LogP contribution in [0.25, 0.3) is 22.3 Å². The summed E-state index contributed by atoms with van der Waals surface area (Å²) in [5.74, 6) is 0. The molecule has 0 fully saturated rings. The summed E-state index contributed by atoms with van der Waals surface area (Å²) in [5.41, 5.74) is 8.98. The molecule has 27 heavy (non-hydrogen) atoms. The van der Waals surface area contributed by atoms with Crippen LogP contribution in [0.3, 0.4) is 0 Å². The zero-order valence-electron chi connectivity index (χ0n) is 15.2. The monoisotopic (exact) mass is 350 g/mol. The molecule has 1 N–H and O–H groups in total. The SMILES string of the molecule is OCc1ccccc1-c1ccccc1.c1ccc2c(c1)Cc1ccccc1-2. The number of aliphatic hydroxyl groups excluding tert-OH is 1. The van der Waals surface area contributed by atoms with E-state index < -0.39 is 0 Å². The molecule has 0 unspecified atom stereocenters.